The van der Waals surface area contributed by atoms with Crippen LogP contribution in [0.4, 0.5) is 5.00 Å². The van der Waals surface area contributed by atoms with Crippen LogP contribution in [0.5, 0.6) is 0 Å². The van der Waals surface area contributed by atoms with E-state index in [0.717, 1.165) is 29.7 Å². The maximum atomic E-state index is 12.7. The molecule has 11 heteroatoms. The van der Waals surface area contributed by atoms with E-state index < -0.39 is 24.4 Å². The number of ether oxygens (including phenoxy) is 1. The van der Waals surface area contributed by atoms with Crippen molar-refractivity contribution in [2.45, 2.75) is 31.2 Å². The smallest absolute Gasteiger partial charge is 0.343 e. The Bertz CT molecular complexity index is 1200. The minimum Gasteiger partial charge on any atom is -0.461 e. The van der Waals surface area contributed by atoms with Gasteiger partial charge >= 0.3 is 5.97 Å². The van der Waals surface area contributed by atoms with Crippen LogP contribution in [-0.2, 0) is 22.4 Å². The molecule has 0 atom stereocenters. The maximum absolute atomic E-state index is 12.7. The molecule has 32 heavy (non-hydrogen) atoms. The molecule has 9 nitrogen and oxygen atoms in total. The van der Waals surface area contributed by atoms with Crippen molar-refractivity contribution in [2.75, 3.05) is 18.2 Å². The van der Waals surface area contributed by atoms with Crippen LogP contribution in [0, 0.1) is 6.92 Å². The fraction of sp³-hybridized carbons (Fsp3) is 0.286. The number of esters is 1. The standard InChI is InChI=1S/C21H20N4O5S2/c1-10-15(19(31-2)25-18(23-10)12-6-4-8-29-12)21(28)30-9-14(26)24-20-16(17(22)27)11-5-3-7-13(11)32-20/h4,6,8H,3,5,7,9H2,1-2H3,(H2,22,27)(H,24,26). The van der Waals surface area contributed by atoms with E-state index in [4.69, 9.17) is 14.9 Å². The Balaban J connectivity index is 1.46. The molecule has 166 valence electrons. The number of furan rings is 1. The summed E-state index contributed by atoms with van der Waals surface area (Å²) >= 11 is 2.60. The van der Waals surface area contributed by atoms with Gasteiger partial charge in [-0.25, -0.2) is 14.8 Å². The van der Waals surface area contributed by atoms with Gasteiger partial charge in [0.2, 0.25) is 0 Å². The van der Waals surface area contributed by atoms with E-state index in [0.29, 0.717) is 32.9 Å². The van der Waals surface area contributed by atoms with Gasteiger partial charge in [-0.3, -0.25) is 9.59 Å². The van der Waals surface area contributed by atoms with E-state index in [9.17, 15) is 14.4 Å². The first kappa shape index (κ1) is 22.0. The number of nitrogens with one attached hydrogen (secondary N) is 1. The lowest BCUT2D eigenvalue weighted by Gasteiger charge is -2.11. The summed E-state index contributed by atoms with van der Waals surface area (Å²) in [6.45, 7) is 1.14. The molecule has 0 saturated heterocycles. The van der Waals surface area contributed by atoms with Crippen molar-refractivity contribution in [3.8, 4) is 11.6 Å². The lowest BCUT2D eigenvalue weighted by Crippen LogP contribution is -2.23. The van der Waals surface area contributed by atoms with Gasteiger partial charge < -0.3 is 20.2 Å². The van der Waals surface area contributed by atoms with Crippen LogP contribution < -0.4 is 11.1 Å². The molecule has 2 amide bonds. The quantitative estimate of drug-likeness (QED) is 0.304. The van der Waals surface area contributed by atoms with Crippen molar-refractivity contribution >= 4 is 45.9 Å². The van der Waals surface area contributed by atoms with E-state index in [1.807, 2.05) is 0 Å². The number of carbonyl (C=O) groups is 3. The predicted molar refractivity (Wildman–Crippen MR) is 120 cm³/mol. The number of thioether (sulfide) groups is 1. The zero-order valence-electron chi connectivity index (χ0n) is 17.4. The van der Waals surface area contributed by atoms with Gasteiger partial charge in [0.1, 0.15) is 15.6 Å². The summed E-state index contributed by atoms with van der Waals surface area (Å²) in [6.07, 6.45) is 5.87. The molecular formula is C21H20N4O5S2. The zero-order valence-corrected chi connectivity index (χ0v) is 19.0. The number of carbonyl (C=O) groups excluding carboxylic acids is 3. The lowest BCUT2D eigenvalue weighted by atomic mass is 10.1. The van der Waals surface area contributed by atoms with Gasteiger partial charge in [0, 0.05) is 4.88 Å². The van der Waals surface area contributed by atoms with E-state index in [1.54, 1.807) is 25.3 Å². The highest BCUT2D eigenvalue weighted by molar-refractivity contribution is 7.98. The van der Waals surface area contributed by atoms with Crippen LogP contribution in [0.1, 0.15) is 43.3 Å². The van der Waals surface area contributed by atoms with Crippen molar-refractivity contribution in [3.05, 3.63) is 45.7 Å². The molecule has 4 rings (SSSR count). The van der Waals surface area contributed by atoms with E-state index in [-0.39, 0.29) is 5.56 Å². The van der Waals surface area contributed by atoms with Crippen LogP contribution in [0.15, 0.2) is 27.8 Å². The molecule has 3 heterocycles. The molecule has 1 aliphatic carbocycles. The van der Waals surface area contributed by atoms with Crippen molar-refractivity contribution in [1.29, 1.82) is 0 Å². The molecule has 0 aliphatic heterocycles. The highest BCUT2D eigenvalue weighted by Gasteiger charge is 2.27. The largest absolute Gasteiger partial charge is 0.461 e. The van der Waals surface area contributed by atoms with Gasteiger partial charge in [0.05, 0.1) is 17.5 Å². The van der Waals surface area contributed by atoms with Crippen LogP contribution >= 0.6 is 23.1 Å². The van der Waals surface area contributed by atoms with Crippen LogP contribution in [0.3, 0.4) is 0 Å². The van der Waals surface area contributed by atoms with Crippen molar-refractivity contribution in [1.82, 2.24) is 9.97 Å². The normalized spacial score (nSPS) is 12.4. The summed E-state index contributed by atoms with van der Waals surface area (Å²) in [5.74, 6) is -1.01. The number of primary amides is 1. The first-order valence-electron chi connectivity index (χ1n) is 9.76. The van der Waals surface area contributed by atoms with Crippen molar-refractivity contribution in [2.24, 2.45) is 5.73 Å². The van der Waals surface area contributed by atoms with Gasteiger partial charge in [0.15, 0.2) is 18.2 Å². The molecule has 0 fully saturated rings. The van der Waals surface area contributed by atoms with Gasteiger partial charge in [-0.1, -0.05) is 0 Å². The summed E-state index contributed by atoms with van der Waals surface area (Å²) in [5.41, 5.74) is 7.37. The number of rotatable bonds is 7. The lowest BCUT2D eigenvalue weighted by molar-refractivity contribution is -0.119. The van der Waals surface area contributed by atoms with Crippen LogP contribution in [0.2, 0.25) is 0 Å². The summed E-state index contributed by atoms with van der Waals surface area (Å²) < 4.78 is 10.5. The first-order valence-corrected chi connectivity index (χ1v) is 11.8. The highest BCUT2D eigenvalue weighted by Crippen LogP contribution is 2.38. The number of aryl methyl sites for hydroxylation is 2. The van der Waals surface area contributed by atoms with E-state index in [1.165, 1.54) is 29.4 Å². The van der Waals surface area contributed by atoms with Gasteiger partial charge in [-0.15, -0.1) is 23.1 Å². The average Bonchev–Trinajstić information content (AvgIpc) is 3.48. The Labute approximate surface area is 191 Å². The van der Waals surface area contributed by atoms with Crippen molar-refractivity contribution < 1.29 is 23.5 Å². The number of hydrogen-bond acceptors (Lipinski definition) is 9. The summed E-state index contributed by atoms with van der Waals surface area (Å²) in [6, 6.07) is 3.45. The number of thiophene rings is 1. The van der Waals surface area contributed by atoms with Crippen LogP contribution in [-0.4, -0.2) is 40.6 Å². The van der Waals surface area contributed by atoms with Gasteiger partial charge in [-0.05, 0) is 50.1 Å². The monoisotopic (exact) mass is 472 g/mol. The third-order valence-corrected chi connectivity index (χ3v) is 6.84. The Hall–Kier alpha value is -3.18. The number of hydrogen-bond donors (Lipinski definition) is 2. The average molecular weight is 473 g/mol. The SMILES string of the molecule is CSc1nc(-c2ccco2)nc(C)c1C(=O)OCC(=O)Nc1sc2c(c1C(N)=O)CCC2. The second-order valence-electron chi connectivity index (χ2n) is 7.04. The number of anilines is 1. The van der Waals surface area contributed by atoms with E-state index in [2.05, 4.69) is 15.3 Å². The second-order valence-corrected chi connectivity index (χ2v) is 8.94. The minimum atomic E-state index is -0.711. The second kappa shape index (κ2) is 9.13. The molecule has 0 saturated carbocycles. The fourth-order valence-electron chi connectivity index (χ4n) is 3.56. The highest BCUT2D eigenvalue weighted by atomic mass is 32.2. The molecule has 0 aromatic carbocycles. The summed E-state index contributed by atoms with van der Waals surface area (Å²) in [5, 5.41) is 3.47. The number of amides is 2. The molecule has 3 aromatic rings. The Kier molecular flexibility index (Phi) is 6.28. The molecule has 3 N–H and O–H groups in total. The number of fused-ring (bicyclic) bond motifs is 1. The van der Waals surface area contributed by atoms with Gasteiger partial charge in [0.25, 0.3) is 11.8 Å². The maximum Gasteiger partial charge on any atom is 0.343 e. The Morgan fingerprint density at radius 3 is 2.78 bits per heavy atom. The molecule has 3 aromatic heterocycles. The van der Waals surface area contributed by atoms with E-state index >= 15 is 0 Å². The minimum absolute atomic E-state index is 0.188. The first-order chi connectivity index (χ1) is 15.4. The molecule has 0 unspecified atom stereocenters. The molecular weight excluding hydrogens is 452 g/mol. The third-order valence-electron chi connectivity index (χ3n) is 4.95. The predicted octanol–water partition coefficient (Wildman–Crippen LogP) is 3.21. The third kappa shape index (κ3) is 4.26. The number of aromatic nitrogens is 2. The molecule has 0 radical (unpaired) electrons. The summed E-state index contributed by atoms with van der Waals surface area (Å²) in [4.78, 5) is 46.7. The topological polar surface area (TPSA) is 137 Å². The fourth-order valence-corrected chi connectivity index (χ4v) is 5.49. The molecule has 1 aliphatic rings. The number of nitrogens with two attached hydrogens (primary N) is 1. The Morgan fingerprint density at radius 2 is 2.09 bits per heavy atom. The molecule has 0 bridgehead atoms. The number of nitrogens with zero attached hydrogens (tertiary/aromatic N) is 2. The molecule has 0 spiro atoms. The van der Waals surface area contributed by atoms with Crippen molar-refractivity contribution in [3.63, 3.8) is 0 Å². The van der Waals surface area contributed by atoms with Gasteiger partial charge in [-0.2, -0.15) is 0 Å². The summed E-state index contributed by atoms with van der Waals surface area (Å²) in [7, 11) is 0. The Morgan fingerprint density at radius 1 is 1.28 bits per heavy atom. The zero-order chi connectivity index (χ0) is 22.8. The van der Waals surface area contributed by atoms with Crippen LogP contribution in [0.25, 0.3) is 11.6 Å².